The lowest BCUT2D eigenvalue weighted by atomic mass is 10.0. The topological polar surface area (TPSA) is 62.2 Å². The number of hydrogen-bond donors (Lipinski definition) is 0. The van der Waals surface area contributed by atoms with Gasteiger partial charge in [0.05, 0.1) is 15.6 Å². The minimum absolute atomic E-state index is 0.0485. The third-order valence-corrected chi connectivity index (χ3v) is 6.21. The molecule has 0 N–H and O–H groups in total. The Morgan fingerprint density at radius 3 is 2.57 bits per heavy atom. The van der Waals surface area contributed by atoms with Crippen molar-refractivity contribution in [2.75, 3.05) is 26.2 Å². The van der Waals surface area contributed by atoms with Gasteiger partial charge in [-0.2, -0.15) is 0 Å². The molecule has 0 bridgehead atoms. The van der Waals surface area contributed by atoms with Gasteiger partial charge in [0.25, 0.3) is 5.91 Å². The molecular weight excluding hydrogens is 330 g/mol. The summed E-state index contributed by atoms with van der Waals surface area (Å²) in [5.74, 6) is 1.20. The van der Waals surface area contributed by atoms with Crippen LogP contribution in [0.3, 0.4) is 0 Å². The summed E-state index contributed by atoms with van der Waals surface area (Å²) >= 11 is 3.00. The Labute approximate surface area is 143 Å². The van der Waals surface area contributed by atoms with E-state index in [1.807, 2.05) is 18.7 Å². The van der Waals surface area contributed by atoms with Crippen LogP contribution in [0.4, 0.5) is 0 Å². The molecule has 4 rings (SSSR count). The standard InChI is InChI=1S/C15H19N5OS2/c1-9-14(17-18-23-9)15(21)20-5-11-3-19(4-12(11)6-20)7-13-8-22-10(2)16-13/h8,11-12H,3-7H2,1-2H3/t11-,12-/m1/s1. The van der Waals surface area contributed by atoms with Gasteiger partial charge in [-0.25, -0.2) is 4.98 Å². The molecule has 122 valence electrons. The number of thiazole rings is 1. The van der Waals surface area contributed by atoms with Gasteiger partial charge in [-0.1, -0.05) is 4.49 Å². The zero-order valence-electron chi connectivity index (χ0n) is 13.2. The maximum Gasteiger partial charge on any atom is 0.275 e. The number of aryl methyl sites for hydroxylation is 2. The monoisotopic (exact) mass is 349 g/mol. The van der Waals surface area contributed by atoms with Gasteiger partial charge in [-0.3, -0.25) is 9.69 Å². The second-order valence-corrected chi connectivity index (χ2v) is 8.48. The molecule has 2 atom stereocenters. The van der Waals surface area contributed by atoms with Gasteiger partial charge in [0, 0.05) is 38.1 Å². The van der Waals surface area contributed by atoms with E-state index in [9.17, 15) is 4.79 Å². The van der Waals surface area contributed by atoms with Crippen molar-refractivity contribution in [3.8, 4) is 0 Å². The molecule has 2 aromatic rings. The van der Waals surface area contributed by atoms with Crippen LogP contribution >= 0.6 is 22.9 Å². The fourth-order valence-electron chi connectivity index (χ4n) is 3.67. The SMILES string of the molecule is Cc1nc(CN2C[C@@H]3CN(C(=O)c4nnsc4C)C[C@H]3C2)cs1. The molecule has 0 saturated carbocycles. The highest BCUT2D eigenvalue weighted by molar-refractivity contribution is 7.09. The van der Waals surface area contributed by atoms with Crippen molar-refractivity contribution < 1.29 is 4.79 Å². The predicted octanol–water partition coefficient (Wildman–Crippen LogP) is 1.82. The van der Waals surface area contributed by atoms with Gasteiger partial charge >= 0.3 is 0 Å². The van der Waals surface area contributed by atoms with Crippen molar-refractivity contribution in [3.05, 3.63) is 26.7 Å². The van der Waals surface area contributed by atoms with Crippen molar-refractivity contribution in [2.45, 2.75) is 20.4 Å². The summed E-state index contributed by atoms with van der Waals surface area (Å²) in [6.07, 6.45) is 0. The maximum absolute atomic E-state index is 12.5. The molecular formula is C15H19N5OS2. The van der Waals surface area contributed by atoms with Crippen LogP contribution < -0.4 is 0 Å². The van der Waals surface area contributed by atoms with Crippen LogP contribution in [0.1, 0.15) is 26.1 Å². The molecule has 2 aromatic heterocycles. The molecule has 23 heavy (non-hydrogen) atoms. The Morgan fingerprint density at radius 1 is 1.26 bits per heavy atom. The minimum Gasteiger partial charge on any atom is -0.337 e. The Bertz CT molecular complexity index is 713. The van der Waals surface area contributed by atoms with E-state index in [1.54, 1.807) is 11.3 Å². The summed E-state index contributed by atoms with van der Waals surface area (Å²) in [6, 6.07) is 0. The van der Waals surface area contributed by atoms with E-state index in [1.165, 1.54) is 17.2 Å². The van der Waals surface area contributed by atoms with Crippen LogP contribution in [0.2, 0.25) is 0 Å². The minimum atomic E-state index is 0.0485. The first-order valence-electron chi connectivity index (χ1n) is 7.81. The van der Waals surface area contributed by atoms with Crippen molar-refractivity contribution in [1.29, 1.82) is 0 Å². The van der Waals surface area contributed by atoms with Crippen LogP contribution in [0.5, 0.6) is 0 Å². The number of carbonyl (C=O) groups is 1. The molecule has 0 radical (unpaired) electrons. The van der Waals surface area contributed by atoms with Crippen molar-refractivity contribution in [2.24, 2.45) is 11.8 Å². The highest BCUT2D eigenvalue weighted by Crippen LogP contribution is 2.33. The van der Waals surface area contributed by atoms with Gasteiger partial charge in [0.1, 0.15) is 0 Å². The molecule has 0 unspecified atom stereocenters. The lowest BCUT2D eigenvalue weighted by Gasteiger charge is -2.20. The van der Waals surface area contributed by atoms with E-state index in [-0.39, 0.29) is 5.91 Å². The second kappa shape index (κ2) is 5.92. The molecule has 0 spiro atoms. The first-order valence-corrected chi connectivity index (χ1v) is 9.47. The first-order chi connectivity index (χ1) is 11.1. The van der Waals surface area contributed by atoms with Crippen LogP contribution in [-0.4, -0.2) is 56.5 Å². The largest absolute Gasteiger partial charge is 0.337 e. The number of nitrogens with zero attached hydrogens (tertiary/aromatic N) is 5. The quantitative estimate of drug-likeness (QED) is 0.846. The van der Waals surface area contributed by atoms with Gasteiger partial charge in [-0.05, 0) is 37.2 Å². The normalized spacial score (nSPS) is 24.3. The maximum atomic E-state index is 12.5. The fraction of sp³-hybridized carbons (Fsp3) is 0.600. The molecule has 2 aliphatic rings. The number of aromatic nitrogens is 3. The van der Waals surface area contributed by atoms with Gasteiger partial charge in [0.15, 0.2) is 5.69 Å². The van der Waals surface area contributed by atoms with Crippen LogP contribution in [-0.2, 0) is 6.54 Å². The number of fused-ring (bicyclic) bond motifs is 1. The van der Waals surface area contributed by atoms with E-state index in [0.29, 0.717) is 17.5 Å². The first kappa shape index (κ1) is 15.2. The molecule has 2 aliphatic heterocycles. The summed E-state index contributed by atoms with van der Waals surface area (Å²) in [5.41, 5.74) is 1.70. The van der Waals surface area contributed by atoms with Crippen LogP contribution in [0, 0.1) is 25.7 Å². The zero-order valence-corrected chi connectivity index (χ0v) is 14.9. The number of carbonyl (C=O) groups excluding carboxylic acids is 1. The molecule has 4 heterocycles. The van der Waals surface area contributed by atoms with Crippen molar-refractivity contribution in [1.82, 2.24) is 24.4 Å². The highest BCUT2D eigenvalue weighted by Gasteiger charge is 2.42. The fourth-order valence-corrected chi connectivity index (χ4v) is 4.74. The predicted molar refractivity (Wildman–Crippen MR) is 89.7 cm³/mol. The van der Waals surface area contributed by atoms with Crippen molar-refractivity contribution in [3.63, 3.8) is 0 Å². The summed E-state index contributed by atoms with van der Waals surface area (Å²) in [7, 11) is 0. The van der Waals surface area contributed by atoms with Gasteiger partial charge in [0.2, 0.25) is 0 Å². The molecule has 6 nitrogen and oxygen atoms in total. The number of amides is 1. The Balaban J connectivity index is 1.36. The summed E-state index contributed by atoms with van der Waals surface area (Å²) in [4.78, 5) is 22.4. The number of hydrogen-bond acceptors (Lipinski definition) is 7. The molecule has 2 fully saturated rings. The van der Waals surface area contributed by atoms with E-state index < -0.39 is 0 Å². The van der Waals surface area contributed by atoms with Crippen LogP contribution in [0.15, 0.2) is 5.38 Å². The summed E-state index contributed by atoms with van der Waals surface area (Å²) in [6.45, 7) is 8.68. The third-order valence-electron chi connectivity index (χ3n) is 4.76. The second-order valence-electron chi connectivity index (χ2n) is 6.46. The Hall–Kier alpha value is -1.38. The Morgan fingerprint density at radius 2 is 2.00 bits per heavy atom. The number of likely N-dealkylation sites (tertiary alicyclic amines) is 2. The van der Waals surface area contributed by atoms with Crippen molar-refractivity contribution >= 4 is 28.8 Å². The molecule has 2 saturated heterocycles. The zero-order chi connectivity index (χ0) is 16.0. The van der Waals surface area contributed by atoms with E-state index >= 15 is 0 Å². The summed E-state index contributed by atoms with van der Waals surface area (Å²) < 4.78 is 3.88. The smallest absolute Gasteiger partial charge is 0.275 e. The van der Waals surface area contributed by atoms with E-state index in [4.69, 9.17) is 0 Å². The van der Waals surface area contributed by atoms with E-state index in [2.05, 4.69) is 24.9 Å². The lowest BCUT2D eigenvalue weighted by Crippen LogP contribution is -2.33. The summed E-state index contributed by atoms with van der Waals surface area (Å²) in [5, 5.41) is 7.27. The Kier molecular flexibility index (Phi) is 3.90. The lowest BCUT2D eigenvalue weighted by molar-refractivity contribution is 0.0767. The molecule has 0 aliphatic carbocycles. The third kappa shape index (κ3) is 2.90. The molecule has 1 amide bonds. The van der Waals surface area contributed by atoms with Crippen LogP contribution in [0.25, 0.3) is 0 Å². The number of rotatable bonds is 3. The highest BCUT2D eigenvalue weighted by atomic mass is 32.1. The average Bonchev–Trinajstić information content (AvgIpc) is 3.23. The molecule has 0 aromatic carbocycles. The van der Waals surface area contributed by atoms with Gasteiger partial charge < -0.3 is 4.90 Å². The average molecular weight is 349 g/mol. The molecule has 8 heteroatoms. The van der Waals surface area contributed by atoms with Gasteiger partial charge in [-0.15, -0.1) is 16.4 Å². The van der Waals surface area contributed by atoms with E-state index in [0.717, 1.165) is 42.6 Å².